The van der Waals surface area contributed by atoms with Gasteiger partial charge in [0, 0.05) is 39.1 Å². The van der Waals surface area contributed by atoms with E-state index in [1.165, 1.54) is 5.56 Å². The second-order valence-corrected chi connectivity index (χ2v) is 6.21. The molecular weight excluding hydrogens is 455 g/mol. The van der Waals surface area contributed by atoms with Crippen molar-refractivity contribution in [3.8, 4) is 18.1 Å². The van der Waals surface area contributed by atoms with Crippen LogP contribution in [0.2, 0.25) is 0 Å². The van der Waals surface area contributed by atoms with Gasteiger partial charge in [-0.25, -0.2) is 0 Å². The number of guanidine groups is 1. The summed E-state index contributed by atoms with van der Waals surface area (Å²) < 4.78 is 5.37. The van der Waals surface area contributed by atoms with Crippen LogP contribution in [0.1, 0.15) is 25.3 Å². The van der Waals surface area contributed by atoms with Crippen molar-refractivity contribution in [1.29, 1.82) is 0 Å². The normalized spacial score (nSPS) is 16.3. The van der Waals surface area contributed by atoms with Crippen LogP contribution >= 0.6 is 24.0 Å². The minimum absolute atomic E-state index is 0. The second-order valence-electron chi connectivity index (χ2n) is 6.21. The quantitative estimate of drug-likeness (QED) is 0.269. The molecule has 1 unspecified atom stereocenters. The van der Waals surface area contributed by atoms with Crippen LogP contribution in [0, 0.1) is 12.3 Å². The monoisotopic (exact) mass is 484 g/mol. The van der Waals surface area contributed by atoms with Gasteiger partial charge in [0.15, 0.2) is 5.96 Å². The van der Waals surface area contributed by atoms with Crippen molar-refractivity contribution in [2.75, 3.05) is 33.3 Å². The number of carbonyl (C=O) groups is 1. The molecule has 1 aromatic rings. The third kappa shape index (κ3) is 7.67. The van der Waals surface area contributed by atoms with Crippen LogP contribution in [0.3, 0.4) is 0 Å². The van der Waals surface area contributed by atoms with Crippen LogP contribution < -0.4 is 15.4 Å². The number of terminal acetylenes is 1. The molecule has 7 heteroatoms. The van der Waals surface area contributed by atoms with Gasteiger partial charge in [-0.1, -0.05) is 25.0 Å². The van der Waals surface area contributed by atoms with Crippen LogP contribution in [-0.2, 0) is 11.2 Å². The molecule has 1 aliphatic heterocycles. The summed E-state index contributed by atoms with van der Waals surface area (Å²) in [7, 11) is 1.76. The summed E-state index contributed by atoms with van der Waals surface area (Å²) in [5.41, 5.74) is 1.21. The van der Waals surface area contributed by atoms with E-state index in [9.17, 15) is 4.79 Å². The maximum absolute atomic E-state index is 11.8. The molecule has 0 radical (unpaired) electrons. The Morgan fingerprint density at radius 1 is 1.41 bits per heavy atom. The van der Waals surface area contributed by atoms with E-state index in [-0.39, 0.29) is 42.5 Å². The molecule has 1 amide bonds. The summed E-state index contributed by atoms with van der Waals surface area (Å²) in [6.45, 7) is 4.51. The highest BCUT2D eigenvalue weighted by molar-refractivity contribution is 14.0. The standard InChI is InChI=1S/C20H28N4O2.HI/c1-4-14-26-18-8-6-16(7-9-18)10-12-22-20(21-3)23-17-11-13-24(15-17)19(25)5-2;/h1,6-9,17H,5,10-15H2,2-3H3,(H2,21,22,23);1H. The van der Waals surface area contributed by atoms with Gasteiger partial charge in [-0.15, -0.1) is 30.4 Å². The molecule has 27 heavy (non-hydrogen) atoms. The Morgan fingerprint density at radius 2 is 2.15 bits per heavy atom. The molecule has 1 saturated heterocycles. The van der Waals surface area contributed by atoms with Crippen molar-refractivity contribution in [2.45, 2.75) is 32.2 Å². The molecule has 0 aromatic heterocycles. The number of amides is 1. The Labute approximate surface area is 179 Å². The molecule has 1 aromatic carbocycles. The van der Waals surface area contributed by atoms with Crippen LogP contribution in [0.25, 0.3) is 0 Å². The lowest BCUT2D eigenvalue weighted by Crippen LogP contribution is -2.45. The number of carbonyl (C=O) groups excluding carboxylic acids is 1. The summed E-state index contributed by atoms with van der Waals surface area (Å²) in [4.78, 5) is 17.9. The Hall–Kier alpha value is -1.95. The lowest BCUT2D eigenvalue weighted by atomic mass is 10.1. The molecule has 0 saturated carbocycles. The number of ether oxygens (including phenoxy) is 1. The first-order valence-corrected chi connectivity index (χ1v) is 9.06. The van der Waals surface area contributed by atoms with E-state index in [0.717, 1.165) is 44.2 Å². The minimum Gasteiger partial charge on any atom is -0.481 e. The number of aliphatic imine (C=N–C) groups is 1. The summed E-state index contributed by atoms with van der Waals surface area (Å²) in [5, 5.41) is 6.73. The van der Waals surface area contributed by atoms with E-state index >= 15 is 0 Å². The Bertz CT molecular complexity index is 655. The number of rotatable bonds is 7. The van der Waals surface area contributed by atoms with Crippen molar-refractivity contribution in [1.82, 2.24) is 15.5 Å². The third-order valence-corrected chi connectivity index (χ3v) is 4.36. The number of likely N-dealkylation sites (tertiary alicyclic amines) is 1. The van der Waals surface area contributed by atoms with Gasteiger partial charge < -0.3 is 20.3 Å². The Kier molecular flexibility index (Phi) is 10.6. The maximum Gasteiger partial charge on any atom is 0.222 e. The molecule has 1 heterocycles. The lowest BCUT2D eigenvalue weighted by Gasteiger charge is -2.18. The first kappa shape index (κ1) is 23.1. The maximum atomic E-state index is 11.8. The lowest BCUT2D eigenvalue weighted by molar-refractivity contribution is -0.129. The molecule has 1 atom stereocenters. The third-order valence-electron chi connectivity index (χ3n) is 4.36. The SMILES string of the molecule is C#CCOc1ccc(CCNC(=NC)NC2CCN(C(=O)CC)C2)cc1.I. The topological polar surface area (TPSA) is 66.0 Å². The van der Waals surface area contributed by atoms with Crippen molar-refractivity contribution < 1.29 is 9.53 Å². The largest absolute Gasteiger partial charge is 0.481 e. The molecule has 148 valence electrons. The average Bonchev–Trinajstić information content (AvgIpc) is 3.14. The highest BCUT2D eigenvalue weighted by Crippen LogP contribution is 2.12. The van der Waals surface area contributed by atoms with Gasteiger partial charge in [0.05, 0.1) is 0 Å². The molecular formula is C20H29IN4O2. The van der Waals surface area contributed by atoms with Gasteiger partial charge in [0.2, 0.25) is 5.91 Å². The van der Waals surface area contributed by atoms with E-state index < -0.39 is 0 Å². The van der Waals surface area contributed by atoms with Crippen LogP contribution in [0.4, 0.5) is 0 Å². The van der Waals surface area contributed by atoms with E-state index in [1.807, 2.05) is 36.1 Å². The molecule has 0 aliphatic carbocycles. The van der Waals surface area contributed by atoms with E-state index in [1.54, 1.807) is 7.05 Å². The number of benzene rings is 1. The van der Waals surface area contributed by atoms with Crippen molar-refractivity contribution in [3.63, 3.8) is 0 Å². The Balaban J connectivity index is 0.00000364. The molecule has 2 N–H and O–H groups in total. The van der Waals surface area contributed by atoms with Crippen LogP contribution in [0.5, 0.6) is 5.75 Å². The fourth-order valence-corrected chi connectivity index (χ4v) is 2.92. The summed E-state index contributed by atoms with van der Waals surface area (Å²) in [6.07, 6.45) is 7.57. The van der Waals surface area contributed by atoms with Gasteiger partial charge in [-0.3, -0.25) is 9.79 Å². The van der Waals surface area contributed by atoms with Crippen molar-refractivity contribution >= 4 is 35.8 Å². The van der Waals surface area contributed by atoms with Gasteiger partial charge in [-0.05, 0) is 30.5 Å². The molecule has 2 rings (SSSR count). The van der Waals surface area contributed by atoms with E-state index in [2.05, 4.69) is 21.5 Å². The molecule has 1 fully saturated rings. The van der Waals surface area contributed by atoms with Gasteiger partial charge >= 0.3 is 0 Å². The van der Waals surface area contributed by atoms with Gasteiger partial charge in [0.25, 0.3) is 0 Å². The smallest absolute Gasteiger partial charge is 0.222 e. The number of nitrogens with zero attached hydrogens (tertiary/aromatic N) is 2. The summed E-state index contributed by atoms with van der Waals surface area (Å²) in [6, 6.07) is 8.18. The highest BCUT2D eigenvalue weighted by atomic mass is 127. The number of nitrogens with one attached hydrogen (secondary N) is 2. The molecule has 0 bridgehead atoms. The molecule has 6 nitrogen and oxygen atoms in total. The predicted octanol–water partition coefficient (Wildman–Crippen LogP) is 2.03. The number of hydrogen-bond acceptors (Lipinski definition) is 3. The fourth-order valence-electron chi connectivity index (χ4n) is 2.92. The second kappa shape index (κ2) is 12.4. The first-order chi connectivity index (χ1) is 12.7. The zero-order valence-corrected chi connectivity index (χ0v) is 18.4. The summed E-state index contributed by atoms with van der Waals surface area (Å²) in [5.74, 6) is 4.22. The van der Waals surface area contributed by atoms with Crippen LogP contribution in [0.15, 0.2) is 29.3 Å². The number of hydrogen-bond donors (Lipinski definition) is 2. The first-order valence-electron chi connectivity index (χ1n) is 9.06. The fraction of sp³-hybridized carbons (Fsp3) is 0.500. The predicted molar refractivity (Wildman–Crippen MR) is 120 cm³/mol. The van der Waals surface area contributed by atoms with Crippen molar-refractivity contribution in [2.24, 2.45) is 4.99 Å². The minimum atomic E-state index is 0. The average molecular weight is 484 g/mol. The zero-order valence-electron chi connectivity index (χ0n) is 16.0. The van der Waals surface area contributed by atoms with Gasteiger partial charge in [-0.2, -0.15) is 0 Å². The molecule has 1 aliphatic rings. The summed E-state index contributed by atoms with van der Waals surface area (Å²) >= 11 is 0. The van der Waals surface area contributed by atoms with Crippen molar-refractivity contribution in [3.05, 3.63) is 29.8 Å². The van der Waals surface area contributed by atoms with E-state index in [4.69, 9.17) is 11.2 Å². The van der Waals surface area contributed by atoms with Crippen LogP contribution in [-0.4, -0.2) is 56.1 Å². The highest BCUT2D eigenvalue weighted by Gasteiger charge is 2.25. The number of halogens is 1. The molecule has 0 spiro atoms. The Morgan fingerprint density at radius 3 is 2.78 bits per heavy atom. The van der Waals surface area contributed by atoms with E-state index in [0.29, 0.717) is 6.42 Å². The zero-order chi connectivity index (χ0) is 18.8. The van der Waals surface area contributed by atoms with Gasteiger partial charge in [0.1, 0.15) is 12.4 Å².